The molecule has 3 nitrogen and oxygen atoms in total. The van der Waals surface area contributed by atoms with Gasteiger partial charge in [0.25, 0.3) is 0 Å². The Morgan fingerprint density at radius 1 is 1.38 bits per heavy atom. The number of hydrogen-bond acceptors (Lipinski definition) is 3. The van der Waals surface area contributed by atoms with Crippen LogP contribution in [0, 0.1) is 17.3 Å². The number of piperidine rings is 1. The van der Waals surface area contributed by atoms with Gasteiger partial charge in [0.1, 0.15) is 11.5 Å². The highest BCUT2D eigenvalue weighted by Crippen LogP contribution is 2.49. The summed E-state index contributed by atoms with van der Waals surface area (Å²) in [4.78, 5) is 14.7. The van der Waals surface area contributed by atoms with Crippen LogP contribution in [0.3, 0.4) is 0 Å². The van der Waals surface area contributed by atoms with Gasteiger partial charge in [0.15, 0.2) is 0 Å². The Morgan fingerprint density at radius 2 is 2.17 bits per heavy atom. The van der Waals surface area contributed by atoms with E-state index < -0.39 is 0 Å². The molecular weight excluding hydrogens is 298 g/mol. The van der Waals surface area contributed by atoms with Crippen LogP contribution in [0.5, 0.6) is 5.75 Å². The normalized spacial score (nSPS) is 31.2. The SMILES string of the molecule is CC(C)CN1CCC2(C)CC(=O)CCC2[C@H]1Cc1cccc(O)c1. The molecule has 2 fully saturated rings. The van der Waals surface area contributed by atoms with E-state index in [1.54, 1.807) is 6.07 Å². The number of fused-ring (bicyclic) bond motifs is 1. The molecule has 2 unspecified atom stereocenters. The number of benzene rings is 1. The minimum atomic E-state index is 0.157. The van der Waals surface area contributed by atoms with E-state index in [-0.39, 0.29) is 5.41 Å². The molecule has 1 saturated carbocycles. The van der Waals surface area contributed by atoms with Crippen molar-refractivity contribution in [2.24, 2.45) is 17.3 Å². The van der Waals surface area contributed by atoms with E-state index in [2.05, 4.69) is 31.7 Å². The van der Waals surface area contributed by atoms with Crippen LogP contribution in [0.25, 0.3) is 0 Å². The minimum absolute atomic E-state index is 0.157. The lowest BCUT2D eigenvalue weighted by Crippen LogP contribution is -2.57. The zero-order valence-corrected chi connectivity index (χ0v) is 15.3. The number of Topliss-reactive ketones (excluding diaryl/α,β-unsaturated/α-hetero) is 1. The summed E-state index contributed by atoms with van der Waals surface area (Å²) in [5, 5.41) is 9.81. The van der Waals surface area contributed by atoms with Gasteiger partial charge in [-0.3, -0.25) is 9.69 Å². The third-order valence-corrected chi connectivity index (χ3v) is 6.09. The number of nitrogens with zero attached hydrogens (tertiary/aromatic N) is 1. The third kappa shape index (κ3) is 3.66. The Kier molecular flexibility index (Phi) is 5.00. The molecule has 0 radical (unpaired) electrons. The molecule has 0 spiro atoms. The predicted octanol–water partition coefficient (Wildman–Crippen LogP) is 4.04. The van der Waals surface area contributed by atoms with Gasteiger partial charge in [-0.05, 0) is 60.8 Å². The summed E-state index contributed by atoms with van der Waals surface area (Å²) in [7, 11) is 0. The van der Waals surface area contributed by atoms with Crippen LogP contribution in [-0.4, -0.2) is 34.9 Å². The maximum atomic E-state index is 12.0. The van der Waals surface area contributed by atoms with Crippen LogP contribution in [-0.2, 0) is 11.2 Å². The highest BCUT2D eigenvalue weighted by atomic mass is 16.3. The number of likely N-dealkylation sites (tertiary alicyclic amines) is 1. The molecule has 1 aliphatic carbocycles. The first-order valence-electron chi connectivity index (χ1n) is 9.41. The van der Waals surface area contributed by atoms with Crippen molar-refractivity contribution in [3.63, 3.8) is 0 Å². The molecule has 2 aliphatic rings. The largest absolute Gasteiger partial charge is 0.508 e. The summed E-state index contributed by atoms with van der Waals surface area (Å²) >= 11 is 0. The van der Waals surface area contributed by atoms with Gasteiger partial charge in [0.2, 0.25) is 0 Å². The lowest BCUT2D eigenvalue weighted by molar-refractivity contribution is -0.130. The standard InChI is InChI=1S/C21H31NO2/c1-15(2)14-22-10-9-21(3)13-18(24)7-8-19(21)20(22)12-16-5-4-6-17(23)11-16/h4-6,11,15,19-20,23H,7-10,12-14H2,1-3H3/t19?,20-,21?/m1/s1. The summed E-state index contributed by atoms with van der Waals surface area (Å²) in [6, 6.07) is 8.16. The van der Waals surface area contributed by atoms with Gasteiger partial charge in [0, 0.05) is 25.4 Å². The number of rotatable bonds is 4. The molecule has 1 aliphatic heterocycles. The van der Waals surface area contributed by atoms with E-state index in [0.717, 1.165) is 45.2 Å². The Hall–Kier alpha value is -1.35. The lowest BCUT2D eigenvalue weighted by atomic mass is 9.59. The first kappa shape index (κ1) is 17.5. The molecule has 3 heteroatoms. The number of carbonyl (C=O) groups excluding carboxylic acids is 1. The summed E-state index contributed by atoms with van der Waals surface area (Å²) in [5.41, 5.74) is 1.36. The minimum Gasteiger partial charge on any atom is -0.508 e. The molecule has 1 heterocycles. The lowest BCUT2D eigenvalue weighted by Gasteiger charge is -2.54. The fourth-order valence-electron chi connectivity index (χ4n) is 4.98. The number of aromatic hydroxyl groups is 1. The molecule has 132 valence electrons. The molecule has 0 amide bonds. The molecule has 24 heavy (non-hydrogen) atoms. The van der Waals surface area contributed by atoms with Gasteiger partial charge in [-0.25, -0.2) is 0 Å². The van der Waals surface area contributed by atoms with Gasteiger partial charge in [0.05, 0.1) is 0 Å². The van der Waals surface area contributed by atoms with Crippen LogP contribution < -0.4 is 0 Å². The van der Waals surface area contributed by atoms with Crippen LogP contribution in [0.1, 0.15) is 52.0 Å². The smallest absolute Gasteiger partial charge is 0.133 e. The highest BCUT2D eigenvalue weighted by molar-refractivity contribution is 5.80. The number of phenols is 1. The van der Waals surface area contributed by atoms with Gasteiger partial charge in [-0.15, -0.1) is 0 Å². The molecule has 0 aromatic heterocycles. The summed E-state index contributed by atoms with van der Waals surface area (Å²) in [6.07, 6.45) is 4.62. The monoisotopic (exact) mass is 329 g/mol. The van der Waals surface area contributed by atoms with Crippen molar-refractivity contribution in [3.05, 3.63) is 29.8 Å². The van der Waals surface area contributed by atoms with Crippen molar-refractivity contribution in [1.82, 2.24) is 4.90 Å². The van der Waals surface area contributed by atoms with Crippen LogP contribution in [0.15, 0.2) is 24.3 Å². The second kappa shape index (κ2) is 6.87. The fourth-order valence-corrected chi connectivity index (χ4v) is 4.98. The number of ketones is 1. The Bertz CT molecular complexity index is 597. The predicted molar refractivity (Wildman–Crippen MR) is 97.1 cm³/mol. The van der Waals surface area contributed by atoms with Gasteiger partial charge < -0.3 is 5.11 Å². The Morgan fingerprint density at radius 3 is 2.88 bits per heavy atom. The first-order chi connectivity index (χ1) is 11.4. The molecule has 3 atom stereocenters. The number of phenolic OH excluding ortho intramolecular Hbond substituents is 1. The fraction of sp³-hybridized carbons (Fsp3) is 0.667. The molecule has 1 N–H and O–H groups in total. The van der Waals surface area contributed by atoms with Crippen molar-refractivity contribution < 1.29 is 9.90 Å². The van der Waals surface area contributed by atoms with E-state index in [1.165, 1.54) is 5.56 Å². The van der Waals surface area contributed by atoms with Gasteiger partial charge >= 0.3 is 0 Å². The molecule has 1 aromatic rings. The molecule has 3 rings (SSSR count). The van der Waals surface area contributed by atoms with E-state index in [4.69, 9.17) is 0 Å². The average Bonchev–Trinajstić information content (AvgIpc) is 2.49. The van der Waals surface area contributed by atoms with Crippen molar-refractivity contribution >= 4 is 5.78 Å². The molecular formula is C21H31NO2. The van der Waals surface area contributed by atoms with E-state index >= 15 is 0 Å². The number of carbonyl (C=O) groups is 1. The van der Waals surface area contributed by atoms with Crippen LogP contribution >= 0.6 is 0 Å². The maximum absolute atomic E-state index is 12.0. The highest BCUT2D eigenvalue weighted by Gasteiger charge is 2.48. The summed E-state index contributed by atoms with van der Waals surface area (Å²) in [5.74, 6) is 2.01. The van der Waals surface area contributed by atoms with Crippen molar-refractivity contribution in [2.75, 3.05) is 13.1 Å². The molecule has 1 aromatic carbocycles. The van der Waals surface area contributed by atoms with Crippen molar-refractivity contribution in [2.45, 2.75) is 58.9 Å². The molecule has 0 bridgehead atoms. The summed E-state index contributed by atoms with van der Waals surface area (Å²) < 4.78 is 0. The second-order valence-electron chi connectivity index (χ2n) is 8.59. The molecule has 1 saturated heterocycles. The van der Waals surface area contributed by atoms with E-state index in [1.807, 2.05) is 12.1 Å². The van der Waals surface area contributed by atoms with Gasteiger partial charge in [-0.1, -0.05) is 32.9 Å². The van der Waals surface area contributed by atoms with Crippen LogP contribution in [0.4, 0.5) is 0 Å². The third-order valence-electron chi connectivity index (χ3n) is 6.09. The summed E-state index contributed by atoms with van der Waals surface area (Å²) in [6.45, 7) is 9.09. The zero-order chi connectivity index (χ0) is 17.3. The number of hydrogen-bond donors (Lipinski definition) is 1. The van der Waals surface area contributed by atoms with E-state index in [9.17, 15) is 9.90 Å². The van der Waals surface area contributed by atoms with Gasteiger partial charge in [-0.2, -0.15) is 0 Å². The topological polar surface area (TPSA) is 40.5 Å². The second-order valence-corrected chi connectivity index (χ2v) is 8.59. The van der Waals surface area contributed by atoms with Crippen molar-refractivity contribution in [3.8, 4) is 5.75 Å². The Balaban J connectivity index is 1.86. The maximum Gasteiger partial charge on any atom is 0.133 e. The average molecular weight is 329 g/mol. The first-order valence-corrected chi connectivity index (χ1v) is 9.41. The van der Waals surface area contributed by atoms with Crippen molar-refractivity contribution in [1.29, 1.82) is 0 Å². The van der Waals surface area contributed by atoms with Crippen LogP contribution in [0.2, 0.25) is 0 Å². The Labute approximate surface area is 146 Å². The van der Waals surface area contributed by atoms with E-state index in [0.29, 0.717) is 29.4 Å². The zero-order valence-electron chi connectivity index (χ0n) is 15.3. The quantitative estimate of drug-likeness (QED) is 0.906.